The van der Waals surface area contributed by atoms with Gasteiger partial charge in [0.15, 0.2) is 0 Å². The third kappa shape index (κ3) is 3.38. The number of nitrogens with one attached hydrogen (secondary N) is 1. The molecule has 1 amide bonds. The summed E-state index contributed by atoms with van der Waals surface area (Å²) in [6.07, 6.45) is 2.01. The van der Waals surface area contributed by atoms with Crippen molar-refractivity contribution in [3.8, 4) is 0 Å². The number of thioether (sulfide) groups is 1. The zero-order valence-electron chi connectivity index (χ0n) is 9.37. The van der Waals surface area contributed by atoms with Crippen molar-refractivity contribution in [2.24, 2.45) is 0 Å². The molecule has 18 heavy (non-hydrogen) atoms. The van der Waals surface area contributed by atoms with Gasteiger partial charge in [-0.15, -0.1) is 23.1 Å². The quantitative estimate of drug-likeness (QED) is 0.705. The van der Waals surface area contributed by atoms with E-state index in [1.165, 1.54) is 11.3 Å². The van der Waals surface area contributed by atoms with Gasteiger partial charge in [0, 0.05) is 15.1 Å². The number of rotatable bonds is 3. The molecule has 1 aromatic carbocycles. The highest BCUT2D eigenvalue weighted by atomic mass is 79.9. The van der Waals surface area contributed by atoms with E-state index >= 15 is 0 Å². The highest BCUT2D eigenvalue weighted by Gasteiger charge is 2.12. The molecule has 0 radical (unpaired) electrons. The Labute approximate surface area is 130 Å². The molecule has 0 bridgehead atoms. The predicted molar refractivity (Wildman–Crippen MR) is 85.9 cm³/mol. The normalized spacial score (nSPS) is 10.4. The number of hydrogen-bond acceptors (Lipinski definition) is 3. The minimum absolute atomic E-state index is 0.0929. The molecule has 0 atom stereocenters. The van der Waals surface area contributed by atoms with Crippen molar-refractivity contribution in [3.05, 3.63) is 43.5 Å². The summed E-state index contributed by atoms with van der Waals surface area (Å²) < 4.78 is 1.82. The average molecular weight is 407 g/mol. The van der Waals surface area contributed by atoms with Gasteiger partial charge in [-0.1, -0.05) is 6.07 Å². The highest BCUT2D eigenvalue weighted by Crippen LogP contribution is 2.32. The molecule has 0 saturated heterocycles. The molecule has 1 aromatic heterocycles. The van der Waals surface area contributed by atoms with Gasteiger partial charge in [0.05, 0.1) is 8.66 Å². The van der Waals surface area contributed by atoms with E-state index in [1.807, 2.05) is 36.6 Å². The second-order valence-electron chi connectivity index (χ2n) is 3.42. The molecular weight excluding hydrogens is 398 g/mol. The van der Waals surface area contributed by atoms with Crippen molar-refractivity contribution < 1.29 is 4.79 Å². The van der Waals surface area contributed by atoms with E-state index < -0.39 is 0 Å². The molecule has 1 N–H and O–H groups in total. The van der Waals surface area contributed by atoms with Crippen LogP contribution in [0.2, 0.25) is 0 Å². The monoisotopic (exact) mass is 405 g/mol. The molecule has 0 saturated carbocycles. The number of amides is 1. The van der Waals surface area contributed by atoms with Crippen LogP contribution in [0.15, 0.2) is 43.5 Å². The summed E-state index contributed by atoms with van der Waals surface area (Å²) in [7, 11) is 0. The topological polar surface area (TPSA) is 29.1 Å². The molecule has 0 aliphatic rings. The van der Waals surface area contributed by atoms with Crippen LogP contribution in [0.25, 0.3) is 0 Å². The van der Waals surface area contributed by atoms with Crippen molar-refractivity contribution in [1.82, 2.24) is 0 Å². The molecule has 0 spiro atoms. The molecule has 2 rings (SSSR count). The number of thiophene rings is 1. The first-order valence-corrected chi connectivity index (χ1v) is 8.63. The minimum Gasteiger partial charge on any atom is -0.321 e. The Bertz CT molecular complexity index is 564. The Morgan fingerprint density at radius 3 is 2.72 bits per heavy atom. The fourth-order valence-electron chi connectivity index (χ4n) is 1.35. The van der Waals surface area contributed by atoms with Crippen LogP contribution in [0.3, 0.4) is 0 Å². The summed E-state index contributed by atoms with van der Waals surface area (Å²) in [5.41, 5.74) is 0.812. The second kappa shape index (κ2) is 6.23. The van der Waals surface area contributed by atoms with Crippen LogP contribution >= 0.6 is 55.0 Å². The maximum Gasteiger partial charge on any atom is 0.265 e. The smallest absolute Gasteiger partial charge is 0.265 e. The molecule has 2 nitrogen and oxygen atoms in total. The molecule has 0 aliphatic carbocycles. The van der Waals surface area contributed by atoms with Gasteiger partial charge in [-0.25, -0.2) is 0 Å². The third-order valence-corrected chi connectivity index (χ3v) is 6.18. The molecule has 0 fully saturated rings. The Balaban J connectivity index is 2.15. The summed E-state index contributed by atoms with van der Waals surface area (Å²) in [5, 5.41) is 2.89. The van der Waals surface area contributed by atoms with Gasteiger partial charge in [-0.05, 0) is 62.4 Å². The second-order valence-corrected chi connectivity index (χ2v) is 7.52. The summed E-state index contributed by atoms with van der Waals surface area (Å²) in [6.45, 7) is 0. The number of hydrogen-bond donors (Lipinski definition) is 1. The van der Waals surface area contributed by atoms with E-state index in [1.54, 1.807) is 11.8 Å². The number of benzene rings is 1. The van der Waals surface area contributed by atoms with E-state index in [-0.39, 0.29) is 5.91 Å². The molecule has 2 aromatic rings. The van der Waals surface area contributed by atoms with Gasteiger partial charge < -0.3 is 5.32 Å². The van der Waals surface area contributed by atoms with Crippen molar-refractivity contribution >= 4 is 66.6 Å². The first-order valence-electron chi connectivity index (χ1n) is 5.00. The predicted octanol–water partition coefficient (Wildman–Crippen LogP) is 5.25. The van der Waals surface area contributed by atoms with Crippen LogP contribution in [0.1, 0.15) is 9.67 Å². The molecule has 6 heteroatoms. The Morgan fingerprint density at radius 1 is 1.33 bits per heavy atom. The van der Waals surface area contributed by atoms with Gasteiger partial charge >= 0.3 is 0 Å². The van der Waals surface area contributed by atoms with E-state index in [4.69, 9.17) is 0 Å². The van der Waals surface area contributed by atoms with Gasteiger partial charge in [0.25, 0.3) is 5.91 Å². The van der Waals surface area contributed by atoms with Crippen molar-refractivity contribution in [1.29, 1.82) is 0 Å². The Hall–Kier alpha value is -0.300. The number of carbonyl (C=O) groups excluding carboxylic acids is 1. The van der Waals surface area contributed by atoms with Crippen LogP contribution in [0.5, 0.6) is 0 Å². The highest BCUT2D eigenvalue weighted by molar-refractivity contribution is 9.13. The van der Waals surface area contributed by atoms with E-state index in [0.717, 1.165) is 18.8 Å². The summed E-state index contributed by atoms with van der Waals surface area (Å²) >= 11 is 9.81. The number of carbonyl (C=O) groups is 1. The largest absolute Gasteiger partial charge is 0.321 e. The number of halogens is 2. The van der Waals surface area contributed by atoms with Crippen molar-refractivity contribution in [2.75, 3.05) is 11.6 Å². The standard InChI is InChI=1S/C12H9Br2NOS2/c1-17-8-4-2-3-7(5-8)15-12(16)10-6-9(13)11(14)18-10/h2-6H,1H3,(H,15,16). The average Bonchev–Trinajstić information content (AvgIpc) is 2.70. The molecule has 1 heterocycles. The van der Waals surface area contributed by atoms with Crippen LogP contribution in [-0.4, -0.2) is 12.2 Å². The lowest BCUT2D eigenvalue weighted by atomic mass is 10.3. The lowest BCUT2D eigenvalue weighted by Gasteiger charge is -2.04. The molecule has 0 aliphatic heterocycles. The van der Waals surface area contributed by atoms with E-state index in [9.17, 15) is 4.79 Å². The summed E-state index contributed by atoms with van der Waals surface area (Å²) in [4.78, 5) is 13.8. The van der Waals surface area contributed by atoms with Gasteiger partial charge in [0.2, 0.25) is 0 Å². The maximum atomic E-state index is 12.0. The maximum absolute atomic E-state index is 12.0. The minimum atomic E-state index is -0.0929. The Morgan fingerprint density at radius 2 is 2.11 bits per heavy atom. The summed E-state index contributed by atoms with van der Waals surface area (Å²) in [5.74, 6) is -0.0929. The summed E-state index contributed by atoms with van der Waals surface area (Å²) in [6, 6.07) is 9.60. The van der Waals surface area contributed by atoms with Gasteiger partial charge in [0.1, 0.15) is 0 Å². The first-order chi connectivity index (χ1) is 8.60. The first kappa shape index (κ1) is 14.1. The molecule has 0 unspecified atom stereocenters. The van der Waals surface area contributed by atoms with Crippen LogP contribution in [0.4, 0.5) is 5.69 Å². The lowest BCUT2D eigenvalue weighted by molar-refractivity contribution is 0.103. The zero-order valence-corrected chi connectivity index (χ0v) is 14.2. The van der Waals surface area contributed by atoms with Crippen molar-refractivity contribution in [2.45, 2.75) is 4.90 Å². The van der Waals surface area contributed by atoms with E-state index in [2.05, 4.69) is 37.2 Å². The SMILES string of the molecule is CSc1cccc(NC(=O)c2cc(Br)c(Br)s2)c1. The fourth-order valence-corrected chi connectivity index (χ4v) is 3.74. The molecular formula is C12H9Br2NOS2. The van der Waals surface area contributed by atoms with Crippen molar-refractivity contribution in [3.63, 3.8) is 0 Å². The van der Waals surface area contributed by atoms with Crippen LogP contribution < -0.4 is 5.32 Å². The van der Waals surface area contributed by atoms with Crippen LogP contribution in [-0.2, 0) is 0 Å². The Kier molecular flexibility index (Phi) is 4.89. The third-order valence-electron chi connectivity index (χ3n) is 2.20. The van der Waals surface area contributed by atoms with Crippen LogP contribution in [0, 0.1) is 0 Å². The van der Waals surface area contributed by atoms with Gasteiger partial charge in [-0.2, -0.15) is 0 Å². The zero-order chi connectivity index (χ0) is 13.1. The lowest BCUT2D eigenvalue weighted by Crippen LogP contribution is -2.09. The number of anilines is 1. The van der Waals surface area contributed by atoms with Gasteiger partial charge in [-0.3, -0.25) is 4.79 Å². The van der Waals surface area contributed by atoms with E-state index in [0.29, 0.717) is 4.88 Å². The molecule has 94 valence electrons. The fraction of sp³-hybridized carbons (Fsp3) is 0.0833.